The van der Waals surface area contributed by atoms with Gasteiger partial charge in [-0.1, -0.05) is 0 Å². The van der Waals surface area contributed by atoms with Crippen LogP contribution >= 0.6 is 0 Å². The molecule has 0 spiro atoms. The molecule has 0 amide bonds. The van der Waals surface area contributed by atoms with Gasteiger partial charge in [0.2, 0.25) is 5.88 Å². The molecule has 3 heterocycles. The van der Waals surface area contributed by atoms with E-state index in [1.54, 1.807) is 6.20 Å². The van der Waals surface area contributed by atoms with Crippen molar-refractivity contribution in [3.05, 3.63) is 23.9 Å². The molecule has 1 N–H and O–H groups in total. The topological polar surface area (TPSA) is 53.0 Å². The summed E-state index contributed by atoms with van der Waals surface area (Å²) in [5, 5.41) is 8.96. The molecule has 0 bridgehead atoms. The average Bonchev–Trinajstić information content (AvgIpc) is 2.71. The van der Waals surface area contributed by atoms with E-state index in [-0.39, 0.29) is 0 Å². The first-order chi connectivity index (χ1) is 7.74. The molecule has 1 fully saturated rings. The van der Waals surface area contributed by atoms with Gasteiger partial charge in [0.15, 0.2) is 0 Å². The first-order valence-corrected chi connectivity index (χ1v) is 5.55. The van der Waals surface area contributed by atoms with E-state index >= 15 is 0 Å². The number of aliphatic carboxylic acids is 1. The van der Waals surface area contributed by atoms with Crippen molar-refractivity contribution in [1.29, 1.82) is 0 Å². The lowest BCUT2D eigenvalue weighted by Crippen LogP contribution is -2.44. The number of hydrogen-bond donors (Lipinski definition) is 1. The van der Waals surface area contributed by atoms with Gasteiger partial charge in [0.25, 0.3) is 0 Å². The molecule has 0 aromatic rings. The molecule has 0 aromatic heterocycles. The van der Waals surface area contributed by atoms with Gasteiger partial charge in [-0.05, 0) is 12.8 Å². The number of carboxylic acid groups (broad SMARTS) is 1. The number of ether oxygens (including phenoxy) is 1. The van der Waals surface area contributed by atoms with Crippen molar-refractivity contribution >= 4 is 5.97 Å². The molecule has 86 valence electrons. The Hall–Kier alpha value is -1.65. The van der Waals surface area contributed by atoms with Crippen LogP contribution < -0.4 is 0 Å². The summed E-state index contributed by atoms with van der Waals surface area (Å²) in [5.74, 6) is 0.0609. The van der Waals surface area contributed by atoms with E-state index in [2.05, 4.69) is 4.90 Å². The Balaban J connectivity index is 1.88. The second-order valence-corrected chi connectivity index (χ2v) is 4.36. The van der Waals surface area contributed by atoms with Crippen LogP contribution in [0, 0.1) is 0 Å². The minimum absolute atomic E-state index is 0.397. The van der Waals surface area contributed by atoms with Gasteiger partial charge in [0.1, 0.15) is 6.61 Å². The summed E-state index contributed by atoms with van der Waals surface area (Å²) < 4.78 is 5.47. The Morgan fingerprint density at radius 2 is 2.38 bits per heavy atom. The summed E-state index contributed by atoms with van der Waals surface area (Å²) in [6, 6.07) is 0.397. The fraction of sp³-hybridized carbons (Fsp3) is 0.545. The highest BCUT2D eigenvalue weighted by Crippen LogP contribution is 2.29. The van der Waals surface area contributed by atoms with E-state index in [0.29, 0.717) is 18.0 Å². The van der Waals surface area contributed by atoms with Crippen LogP contribution in [0.15, 0.2) is 23.9 Å². The first kappa shape index (κ1) is 9.57. The summed E-state index contributed by atoms with van der Waals surface area (Å²) in [5.41, 5.74) is 0.486. The van der Waals surface area contributed by atoms with Crippen LogP contribution in [0.1, 0.15) is 12.8 Å². The molecule has 0 saturated carbocycles. The van der Waals surface area contributed by atoms with E-state index in [9.17, 15) is 4.79 Å². The molecule has 1 atom stereocenters. The third-order valence-electron chi connectivity index (χ3n) is 3.36. The van der Waals surface area contributed by atoms with Crippen molar-refractivity contribution in [3.63, 3.8) is 0 Å². The number of carboxylic acids is 1. The summed E-state index contributed by atoms with van der Waals surface area (Å²) in [6.07, 6.45) is 5.22. The molecule has 5 nitrogen and oxygen atoms in total. The predicted molar refractivity (Wildman–Crippen MR) is 56.2 cm³/mol. The van der Waals surface area contributed by atoms with E-state index < -0.39 is 5.97 Å². The normalized spacial score (nSPS) is 27.6. The zero-order valence-corrected chi connectivity index (χ0v) is 8.93. The molecule has 3 aliphatic rings. The molecule has 1 saturated heterocycles. The summed E-state index contributed by atoms with van der Waals surface area (Å²) >= 11 is 0. The molecule has 5 heteroatoms. The second kappa shape index (κ2) is 3.43. The Morgan fingerprint density at radius 3 is 3.19 bits per heavy atom. The first-order valence-electron chi connectivity index (χ1n) is 5.55. The molecule has 16 heavy (non-hydrogen) atoms. The standard InChI is InChI=1S/C11H14N2O3/c14-11(15)8-1-2-9-6-12-3-4-16-10(12)7-13(9)5-8/h5,7,9H,1-4,6H2,(H,14,15). The van der Waals surface area contributed by atoms with Gasteiger partial charge < -0.3 is 19.6 Å². The quantitative estimate of drug-likeness (QED) is 0.702. The number of hydrogen-bond acceptors (Lipinski definition) is 4. The maximum absolute atomic E-state index is 10.9. The Kier molecular flexibility index (Phi) is 2.05. The number of carbonyl (C=O) groups is 1. The van der Waals surface area contributed by atoms with Crippen LogP contribution in [0.4, 0.5) is 0 Å². The van der Waals surface area contributed by atoms with Gasteiger partial charge in [-0.25, -0.2) is 4.79 Å². The third-order valence-corrected chi connectivity index (χ3v) is 3.36. The van der Waals surface area contributed by atoms with Crippen LogP contribution in [0.5, 0.6) is 0 Å². The Bertz CT molecular complexity index is 389. The van der Waals surface area contributed by atoms with Crippen molar-refractivity contribution in [2.45, 2.75) is 18.9 Å². The van der Waals surface area contributed by atoms with E-state index in [4.69, 9.17) is 9.84 Å². The smallest absolute Gasteiger partial charge is 0.333 e. The summed E-state index contributed by atoms with van der Waals surface area (Å²) in [4.78, 5) is 15.1. The van der Waals surface area contributed by atoms with Gasteiger partial charge in [-0.15, -0.1) is 0 Å². The highest BCUT2D eigenvalue weighted by Gasteiger charge is 2.32. The zero-order chi connectivity index (χ0) is 11.1. The highest BCUT2D eigenvalue weighted by molar-refractivity contribution is 5.86. The maximum atomic E-state index is 10.9. The number of nitrogens with zero attached hydrogens (tertiary/aromatic N) is 2. The highest BCUT2D eigenvalue weighted by atomic mass is 16.5. The van der Waals surface area contributed by atoms with Gasteiger partial charge in [-0.2, -0.15) is 0 Å². The second-order valence-electron chi connectivity index (χ2n) is 4.36. The monoisotopic (exact) mass is 222 g/mol. The Labute approximate surface area is 93.6 Å². The minimum Gasteiger partial charge on any atom is -0.478 e. The van der Waals surface area contributed by atoms with Crippen molar-refractivity contribution in [1.82, 2.24) is 9.80 Å². The molecular formula is C11H14N2O3. The van der Waals surface area contributed by atoms with Crippen LogP contribution in [-0.4, -0.2) is 46.6 Å². The van der Waals surface area contributed by atoms with Crippen LogP contribution in [0.3, 0.4) is 0 Å². The fourth-order valence-corrected chi connectivity index (χ4v) is 2.46. The van der Waals surface area contributed by atoms with Crippen LogP contribution in [-0.2, 0) is 9.53 Å². The SMILES string of the molecule is O=C(O)C1=CN2C=C3OCCN3CC2CC1. The molecule has 3 aliphatic heterocycles. The van der Waals surface area contributed by atoms with E-state index in [1.807, 2.05) is 11.1 Å². The lowest BCUT2D eigenvalue weighted by molar-refractivity contribution is -0.133. The van der Waals surface area contributed by atoms with Crippen molar-refractivity contribution < 1.29 is 14.6 Å². The number of fused-ring (bicyclic) bond motifs is 2. The molecular weight excluding hydrogens is 208 g/mol. The molecule has 3 rings (SSSR count). The van der Waals surface area contributed by atoms with Gasteiger partial charge in [-0.3, -0.25) is 0 Å². The lowest BCUT2D eigenvalue weighted by atomic mass is 9.99. The summed E-state index contributed by atoms with van der Waals surface area (Å²) in [6.45, 7) is 2.63. The van der Waals surface area contributed by atoms with Crippen LogP contribution in [0.25, 0.3) is 0 Å². The Morgan fingerprint density at radius 1 is 1.50 bits per heavy atom. The molecule has 0 aromatic carbocycles. The summed E-state index contributed by atoms with van der Waals surface area (Å²) in [7, 11) is 0. The van der Waals surface area contributed by atoms with Crippen molar-refractivity contribution in [2.75, 3.05) is 19.7 Å². The zero-order valence-electron chi connectivity index (χ0n) is 8.93. The number of rotatable bonds is 1. The van der Waals surface area contributed by atoms with E-state index in [1.165, 1.54) is 0 Å². The van der Waals surface area contributed by atoms with Crippen molar-refractivity contribution in [3.8, 4) is 0 Å². The third kappa shape index (κ3) is 1.43. The molecule has 0 radical (unpaired) electrons. The van der Waals surface area contributed by atoms with Gasteiger partial charge >= 0.3 is 5.97 Å². The molecule has 1 unspecified atom stereocenters. The van der Waals surface area contributed by atoms with Crippen molar-refractivity contribution in [2.24, 2.45) is 0 Å². The fourth-order valence-electron chi connectivity index (χ4n) is 2.46. The van der Waals surface area contributed by atoms with Gasteiger partial charge in [0.05, 0.1) is 24.4 Å². The van der Waals surface area contributed by atoms with Crippen LogP contribution in [0.2, 0.25) is 0 Å². The predicted octanol–water partition coefficient (Wildman–Crippen LogP) is 0.564. The van der Waals surface area contributed by atoms with Gasteiger partial charge in [0, 0.05) is 12.7 Å². The largest absolute Gasteiger partial charge is 0.478 e. The lowest BCUT2D eigenvalue weighted by Gasteiger charge is -2.39. The maximum Gasteiger partial charge on any atom is 0.333 e. The van der Waals surface area contributed by atoms with E-state index in [0.717, 1.165) is 32.0 Å². The molecule has 0 aliphatic carbocycles. The minimum atomic E-state index is -0.813. The average molecular weight is 222 g/mol.